The second-order valence-corrected chi connectivity index (χ2v) is 5.90. The van der Waals surface area contributed by atoms with Gasteiger partial charge < -0.3 is 15.4 Å². The van der Waals surface area contributed by atoms with Crippen LogP contribution in [0.4, 0.5) is 5.69 Å². The SMILES string of the molecule is COC(=O)CCCNC(=O)c1cccc(NC(=O)c2cccs2)c1. The number of amides is 2. The summed E-state index contributed by atoms with van der Waals surface area (Å²) in [5.74, 6) is -0.768. The van der Waals surface area contributed by atoms with Gasteiger partial charge in [0.2, 0.25) is 0 Å². The third-order valence-corrected chi connectivity index (χ3v) is 4.07. The summed E-state index contributed by atoms with van der Waals surface area (Å²) in [6.45, 7) is 0.375. The summed E-state index contributed by atoms with van der Waals surface area (Å²) in [6.07, 6.45) is 0.765. The molecule has 0 aliphatic heterocycles. The highest BCUT2D eigenvalue weighted by atomic mass is 32.1. The van der Waals surface area contributed by atoms with Gasteiger partial charge in [-0.15, -0.1) is 11.3 Å². The summed E-state index contributed by atoms with van der Waals surface area (Å²) in [7, 11) is 1.33. The Bertz CT molecular complexity index is 713. The van der Waals surface area contributed by atoms with Gasteiger partial charge in [-0.1, -0.05) is 12.1 Å². The number of anilines is 1. The fourth-order valence-corrected chi connectivity index (χ4v) is 2.60. The number of esters is 1. The lowest BCUT2D eigenvalue weighted by Crippen LogP contribution is -2.25. The van der Waals surface area contributed by atoms with Gasteiger partial charge in [-0.3, -0.25) is 14.4 Å². The second-order valence-electron chi connectivity index (χ2n) is 4.95. The Hall–Kier alpha value is -2.67. The van der Waals surface area contributed by atoms with Crippen LogP contribution in [0.3, 0.4) is 0 Å². The van der Waals surface area contributed by atoms with Crippen LogP contribution >= 0.6 is 11.3 Å². The van der Waals surface area contributed by atoms with Crippen molar-refractivity contribution in [3.8, 4) is 0 Å². The van der Waals surface area contributed by atoms with Crippen LogP contribution in [0.2, 0.25) is 0 Å². The summed E-state index contributed by atoms with van der Waals surface area (Å²) in [4.78, 5) is 35.7. The predicted octanol–water partition coefficient (Wildman–Crippen LogP) is 2.68. The van der Waals surface area contributed by atoms with Crippen molar-refractivity contribution in [3.05, 3.63) is 52.2 Å². The van der Waals surface area contributed by atoms with Crippen LogP contribution in [0.1, 0.15) is 32.9 Å². The van der Waals surface area contributed by atoms with E-state index in [1.165, 1.54) is 18.4 Å². The highest BCUT2D eigenvalue weighted by Gasteiger charge is 2.10. The van der Waals surface area contributed by atoms with Gasteiger partial charge in [0, 0.05) is 24.2 Å². The van der Waals surface area contributed by atoms with Crippen LogP contribution in [0.5, 0.6) is 0 Å². The fraction of sp³-hybridized carbons (Fsp3) is 0.235. The first-order valence-corrected chi connectivity index (χ1v) is 8.28. The maximum absolute atomic E-state index is 12.1. The molecule has 0 fully saturated rings. The minimum atomic E-state index is -0.303. The largest absolute Gasteiger partial charge is 0.469 e. The molecular formula is C17H18N2O4S. The van der Waals surface area contributed by atoms with E-state index in [0.29, 0.717) is 29.1 Å². The van der Waals surface area contributed by atoms with Crippen molar-refractivity contribution >= 4 is 34.8 Å². The van der Waals surface area contributed by atoms with Crippen LogP contribution in [0, 0.1) is 0 Å². The molecule has 126 valence electrons. The Morgan fingerprint density at radius 3 is 2.67 bits per heavy atom. The number of hydrogen-bond donors (Lipinski definition) is 2. The average Bonchev–Trinajstić information content (AvgIpc) is 3.13. The van der Waals surface area contributed by atoms with Crippen molar-refractivity contribution < 1.29 is 19.1 Å². The molecule has 0 unspecified atom stereocenters. The van der Waals surface area contributed by atoms with Gasteiger partial charge in [-0.05, 0) is 36.1 Å². The number of benzene rings is 1. The van der Waals surface area contributed by atoms with E-state index in [0.717, 1.165) is 0 Å². The highest BCUT2D eigenvalue weighted by Crippen LogP contribution is 2.15. The Labute approximate surface area is 143 Å². The second kappa shape index (κ2) is 8.83. The molecule has 0 aliphatic rings. The first-order valence-electron chi connectivity index (χ1n) is 7.40. The summed E-state index contributed by atoms with van der Waals surface area (Å²) in [6, 6.07) is 10.2. The summed E-state index contributed by atoms with van der Waals surface area (Å²) in [5, 5.41) is 7.32. The van der Waals surface area contributed by atoms with Crippen LogP contribution < -0.4 is 10.6 Å². The van der Waals surface area contributed by atoms with Gasteiger partial charge in [-0.2, -0.15) is 0 Å². The molecule has 0 saturated heterocycles. The number of nitrogens with one attached hydrogen (secondary N) is 2. The minimum Gasteiger partial charge on any atom is -0.469 e. The smallest absolute Gasteiger partial charge is 0.305 e. The molecule has 2 amide bonds. The van der Waals surface area contributed by atoms with Gasteiger partial charge >= 0.3 is 5.97 Å². The molecular weight excluding hydrogens is 328 g/mol. The van der Waals surface area contributed by atoms with Gasteiger partial charge in [0.25, 0.3) is 11.8 Å². The Kier molecular flexibility index (Phi) is 6.51. The fourth-order valence-electron chi connectivity index (χ4n) is 1.98. The molecule has 0 atom stereocenters. The molecule has 6 nitrogen and oxygen atoms in total. The first-order chi connectivity index (χ1) is 11.6. The average molecular weight is 346 g/mol. The van der Waals surface area contributed by atoms with Crippen molar-refractivity contribution in [2.75, 3.05) is 19.0 Å². The number of carbonyl (C=O) groups is 3. The van der Waals surface area contributed by atoms with E-state index in [4.69, 9.17) is 0 Å². The molecule has 1 aromatic heterocycles. The Balaban J connectivity index is 1.88. The van der Waals surface area contributed by atoms with E-state index in [9.17, 15) is 14.4 Å². The highest BCUT2D eigenvalue weighted by molar-refractivity contribution is 7.12. The molecule has 0 aliphatic carbocycles. The van der Waals surface area contributed by atoms with Crippen molar-refractivity contribution in [1.29, 1.82) is 0 Å². The zero-order valence-electron chi connectivity index (χ0n) is 13.2. The van der Waals surface area contributed by atoms with Crippen molar-refractivity contribution in [3.63, 3.8) is 0 Å². The standard InChI is InChI=1S/C17H18N2O4S/c1-23-15(20)8-3-9-18-16(21)12-5-2-6-13(11-12)19-17(22)14-7-4-10-24-14/h2,4-7,10-11H,3,8-9H2,1H3,(H,18,21)(H,19,22). The number of methoxy groups -OCH3 is 1. The molecule has 2 N–H and O–H groups in total. The summed E-state index contributed by atoms with van der Waals surface area (Å²) in [5.41, 5.74) is 0.993. The van der Waals surface area contributed by atoms with E-state index < -0.39 is 0 Å². The minimum absolute atomic E-state index is 0.208. The predicted molar refractivity (Wildman–Crippen MR) is 92.3 cm³/mol. The first kappa shape index (κ1) is 17.7. The van der Waals surface area contributed by atoms with E-state index in [-0.39, 0.29) is 24.2 Å². The van der Waals surface area contributed by atoms with Gasteiger partial charge in [0.15, 0.2) is 0 Å². The number of hydrogen-bond acceptors (Lipinski definition) is 5. The van der Waals surface area contributed by atoms with Crippen LogP contribution in [-0.4, -0.2) is 31.4 Å². The molecule has 0 bridgehead atoms. The molecule has 0 saturated carbocycles. The normalized spacial score (nSPS) is 10.0. The van der Waals surface area contributed by atoms with Crippen molar-refractivity contribution in [2.24, 2.45) is 0 Å². The number of thiophene rings is 1. The molecule has 24 heavy (non-hydrogen) atoms. The molecule has 2 aromatic rings. The monoisotopic (exact) mass is 346 g/mol. The zero-order valence-corrected chi connectivity index (χ0v) is 14.0. The molecule has 0 radical (unpaired) electrons. The maximum Gasteiger partial charge on any atom is 0.305 e. The third-order valence-electron chi connectivity index (χ3n) is 3.20. The van der Waals surface area contributed by atoms with Gasteiger partial charge in [0.05, 0.1) is 12.0 Å². The molecule has 0 spiro atoms. The van der Waals surface area contributed by atoms with E-state index in [1.54, 1.807) is 36.4 Å². The quantitative estimate of drug-likeness (QED) is 0.596. The molecule has 1 heterocycles. The van der Waals surface area contributed by atoms with Crippen LogP contribution in [0.15, 0.2) is 41.8 Å². The van der Waals surface area contributed by atoms with Crippen LogP contribution in [0.25, 0.3) is 0 Å². The zero-order chi connectivity index (χ0) is 17.4. The molecule has 1 aromatic carbocycles. The van der Waals surface area contributed by atoms with E-state index in [2.05, 4.69) is 15.4 Å². The Morgan fingerprint density at radius 1 is 1.12 bits per heavy atom. The van der Waals surface area contributed by atoms with E-state index in [1.807, 2.05) is 5.38 Å². The van der Waals surface area contributed by atoms with E-state index >= 15 is 0 Å². The van der Waals surface area contributed by atoms with Gasteiger partial charge in [0.1, 0.15) is 0 Å². The van der Waals surface area contributed by atoms with Gasteiger partial charge in [-0.25, -0.2) is 0 Å². The number of rotatable bonds is 7. The third kappa shape index (κ3) is 5.20. The maximum atomic E-state index is 12.1. The Morgan fingerprint density at radius 2 is 1.96 bits per heavy atom. The lowest BCUT2D eigenvalue weighted by Gasteiger charge is -2.08. The molecule has 7 heteroatoms. The lowest BCUT2D eigenvalue weighted by atomic mass is 10.2. The number of ether oxygens (including phenoxy) is 1. The molecule has 2 rings (SSSR count). The van der Waals surface area contributed by atoms with Crippen molar-refractivity contribution in [1.82, 2.24) is 5.32 Å². The number of carbonyl (C=O) groups excluding carboxylic acids is 3. The summed E-state index contributed by atoms with van der Waals surface area (Å²) >= 11 is 1.35. The van der Waals surface area contributed by atoms with Crippen LogP contribution in [-0.2, 0) is 9.53 Å². The topological polar surface area (TPSA) is 84.5 Å². The lowest BCUT2D eigenvalue weighted by molar-refractivity contribution is -0.140. The van der Waals surface area contributed by atoms with Crippen molar-refractivity contribution in [2.45, 2.75) is 12.8 Å². The summed E-state index contributed by atoms with van der Waals surface area (Å²) < 4.78 is 4.53.